The van der Waals surface area contributed by atoms with E-state index in [9.17, 15) is 4.79 Å². The summed E-state index contributed by atoms with van der Waals surface area (Å²) in [7, 11) is 0. The lowest BCUT2D eigenvalue weighted by molar-refractivity contribution is -0.122. The van der Waals surface area contributed by atoms with Gasteiger partial charge in [0, 0.05) is 32.3 Å². The summed E-state index contributed by atoms with van der Waals surface area (Å²) in [6, 6.07) is 4.20. The van der Waals surface area contributed by atoms with Crippen molar-refractivity contribution in [3.05, 3.63) is 23.9 Å². The molecule has 1 amide bonds. The smallest absolute Gasteiger partial charge is 0.220 e. The Kier molecular flexibility index (Phi) is 7.30. The van der Waals surface area contributed by atoms with Gasteiger partial charge in [-0.2, -0.15) is 0 Å². The number of piperidine rings is 1. The molecule has 1 aromatic heterocycles. The molecule has 0 saturated carbocycles. The zero-order chi connectivity index (χ0) is 18.2. The molecule has 0 radical (unpaired) electrons. The van der Waals surface area contributed by atoms with Crippen molar-refractivity contribution in [2.45, 2.75) is 58.4 Å². The maximum atomic E-state index is 12.3. The minimum atomic E-state index is 0.152. The lowest BCUT2D eigenvalue weighted by Gasteiger charge is -2.28. The molecule has 5 heteroatoms. The van der Waals surface area contributed by atoms with Crippen LogP contribution in [0, 0.1) is 11.8 Å². The first-order chi connectivity index (χ1) is 12.7. The van der Waals surface area contributed by atoms with Gasteiger partial charge in [-0.1, -0.05) is 25.8 Å². The largest absolute Gasteiger partial charge is 0.357 e. The fourth-order valence-corrected chi connectivity index (χ4v) is 4.10. The first-order valence-electron chi connectivity index (χ1n) is 10.4. The Morgan fingerprint density at radius 2 is 2.08 bits per heavy atom. The van der Waals surface area contributed by atoms with Gasteiger partial charge in [0.05, 0.1) is 0 Å². The molecule has 2 saturated heterocycles. The van der Waals surface area contributed by atoms with Gasteiger partial charge in [0.1, 0.15) is 5.82 Å². The second kappa shape index (κ2) is 9.91. The molecule has 0 aromatic carbocycles. The fourth-order valence-electron chi connectivity index (χ4n) is 4.10. The molecular weight excluding hydrogens is 324 g/mol. The Bertz CT molecular complexity index is 546. The van der Waals surface area contributed by atoms with E-state index in [-0.39, 0.29) is 5.91 Å². The fraction of sp³-hybridized carbons (Fsp3) is 0.714. The van der Waals surface area contributed by atoms with Gasteiger partial charge < -0.3 is 15.5 Å². The average molecular weight is 359 g/mol. The zero-order valence-corrected chi connectivity index (χ0v) is 16.2. The van der Waals surface area contributed by atoms with Gasteiger partial charge in [-0.25, -0.2) is 4.98 Å². The monoisotopic (exact) mass is 358 g/mol. The molecule has 2 fully saturated rings. The van der Waals surface area contributed by atoms with Crippen molar-refractivity contribution in [2.75, 3.05) is 31.1 Å². The van der Waals surface area contributed by atoms with Gasteiger partial charge in [-0.05, 0) is 62.2 Å². The summed E-state index contributed by atoms with van der Waals surface area (Å²) in [6.45, 7) is 7.16. The third-order valence-corrected chi connectivity index (χ3v) is 5.88. The predicted molar refractivity (Wildman–Crippen MR) is 106 cm³/mol. The van der Waals surface area contributed by atoms with Crippen molar-refractivity contribution in [1.29, 1.82) is 0 Å². The van der Waals surface area contributed by atoms with Crippen LogP contribution in [-0.2, 0) is 11.3 Å². The Balaban J connectivity index is 1.43. The first kappa shape index (κ1) is 19.2. The van der Waals surface area contributed by atoms with E-state index in [0.717, 1.165) is 37.6 Å². The van der Waals surface area contributed by atoms with Gasteiger partial charge >= 0.3 is 0 Å². The van der Waals surface area contributed by atoms with E-state index in [1.165, 1.54) is 38.5 Å². The quantitative estimate of drug-likeness (QED) is 0.820. The maximum Gasteiger partial charge on any atom is 0.220 e. The lowest BCUT2D eigenvalue weighted by atomic mass is 9.85. The van der Waals surface area contributed by atoms with Crippen LogP contribution in [0.5, 0.6) is 0 Å². The Labute approximate surface area is 157 Å². The molecule has 3 rings (SSSR count). The second-order valence-electron chi connectivity index (χ2n) is 7.99. The van der Waals surface area contributed by atoms with Crippen LogP contribution in [0.25, 0.3) is 0 Å². The van der Waals surface area contributed by atoms with Crippen molar-refractivity contribution >= 4 is 11.7 Å². The van der Waals surface area contributed by atoms with Gasteiger partial charge in [0.2, 0.25) is 5.91 Å². The molecule has 3 heterocycles. The van der Waals surface area contributed by atoms with Crippen molar-refractivity contribution < 1.29 is 4.79 Å². The Hall–Kier alpha value is -1.62. The molecule has 5 nitrogen and oxygen atoms in total. The molecule has 144 valence electrons. The van der Waals surface area contributed by atoms with E-state index < -0.39 is 0 Å². The predicted octanol–water partition coefficient (Wildman–Crippen LogP) is 3.10. The number of anilines is 1. The van der Waals surface area contributed by atoms with E-state index in [2.05, 4.69) is 39.6 Å². The lowest BCUT2D eigenvalue weighted by Crippen LogP contribution is -2.35. The number of nitrogens with one attached hydrogen (secondary N) is 2. The van der Waals surface area contributed by atoms with E-state index in [4.69, 9.17) is 0 Å². The molecule has 2 N–H and O–H groups in total. The number of nitrogens with zero attached hydrogens (tertiary/aromatic N) is 2. The topological polar surface area (TPSA) is 57.3 Å². The van der Waals surface area contributed by atoms with Crippen molar-refractivity contribution in [3.63, 3.8) is 0 Å². The standard InChI is InChI=1S/C21H34N4O/c1-17(19-7-6-10-22-16-19)13-21(26)24-15-18-8-9-20(23-14-18)25-11-4-2-3-5-12-25/h8-9,14,17,19,22H,2-7,10-13,15-16H2,1H3,(H,24,26). The first-order valence-corrected chi connectivity index (χ1v) is 10.4. The summed E-state index contributed by atoms with van der Waals surface area (Å²) in [6.07, 6.45) is 10.2. The molecule has 2 unspecified atom stereocenters. The molecule has 0 aliphatic carbocycles. The number of hydrogen-bond acceptors (Lipinski definition) is 4. The van der Waals surface area contributed by atoms with E-state index in [1.54, 1.807) is 0 Å². The number of hydrogen-bond donors (Lipinski definition) is 2. The van der Waals surface area contributed by atoms with E-state index in [1.807, 2.05) is 6.20 Å². The highest BCUT2D eigenvalue weighted by atomic mass is 16.1. The molecule has 2 aliphatic heterocycles. The highest BCUT2D eigenvalue weighted by Crippen LogP contribution is 2.22. The SMILES string of the molecule is CC(CC(=O)NCc1ccc(N2CCCCCC2)nc1)C1CCCNC1. The summed E-state index contributed by atoms with van der Waals surface area (Å²) >= 11 is 0. The zero-order valence-electron chi connectivity index (χ0n) is 16.2. The van der Waals surface area contributed by atoms with Crippen LogP contribution in [0.1, 0.15) is 57.4 Å². The van der Waals surface area contributed by atoms with Crippen molar-refractivity contribution in [3.8, 4) is 0 Å². The molecule has 2 aliphatic rings. The van der Waals surface area contributed by atoms with Gasteiger partial charge in [0.25, 0.3) is 0 Å². The van der Waals surface area contributed by atoms with Crippen LogP contribution in [-0.4, -0.2) is 37.1 Å². The normalized spacial score (nSPS) is 22.5. The molecule has 2 atom stereocenters. The maximum absolute atomic E-state index is 12.3. The number of rotatable bonds is 6. The molecule has 26 heavy (non-hydrogen) atoms. The summed E-state index contributed by atoms with van der Waals surface area (Å²) in [5.41, 5.74) is 1.07. The summed E-state index contributed by atoms with van der Waals surface area (Å²) < 4.78 is 0. The van der Waals surface area contributed by atoms with Crippen molar-refractivity contribution in [1.82, 2.24) is 15.6 Å². The van der Waals surface area contributed by atoms with Crippen molar-refractivity contribution in [2.24, 2.45) is 11.8 Å². The number of pyridine rings is 1. The van der Waals surface area contributed by atoms with Crippen LogP contribution in [0.3, 0.4) is 0 Å². The van der Waals surface area contributed by atoms with Crippen LogP contribution in [0.15, 0.2) is 18.3 Å². The third-order valence-electron chi connectivity index (χ3n) is 5.88. The van der Waals surface area contributed by atoms with Crippen LogP contribution >= 0.6 is 0 Å². The van der Waals surface area contributed by atoms with Crippen LogP contribution in [0.4, 0.5) is 5.82 Å². The number of carbonyl (C=O) groups is 1. The summed E-state index contributed by atoms with van der Waals surface area (Å²) in [5.74, 6) is 2.29. The Morgan fingerprint density at radius 3 is 2.73 bits per heavy atom. The van der Waals surface area contributed by atoms with Gasteiger partial charge in [0.15, 0.2) is 0 Å². The Morgan fingerprint density at radius 1 is 1.27 bits per heavy atom. The number of amides is 1. The minimum absolute atomic E-state index is 0.152. The highest BCUT2D eigenvalue weighted by Gasteiger charge is 2.21. The van der Waals surface area contributed by atoms with Crippen LogP contribution in [0.2, 0.25) is 0 Å². The van der Waals surface area contributed by atoms with E-state index in [0.29, 0.717) is 24.8 Å². The summed E-state index contributed by atoms with van der Waals surface area (Å²) in [5, 5.41) is 6.50. The minimum Gasteiger partial charge on any atom is -0.357 e. The second-order valence-corrected chi connectivity index (χ2v) is 7.99. The number of carbonyl (C=O) groups excluding carboxylic acids is 1. The molecule has 0 bridgehead atoms. The number of aromatic nitrogens is 1. The third kappa shape index (κ3) is 5.70. The van der Waals surface area contributed by atoms with Gasteiger partial charge in [-0.15, -0.1) is 0 Å². The van der Waals surface area contributed by atoms with Crippen LogP contribution < -0.4 is 15.5 Å². The molecule has 0 spiro atoms. The van der Waals surface area contributed by atoms with E-state index >= 15 is 0 Å². The molecular formula is C21H34N4O. The molecule has 1 aromatic rings. The average Bonchev–Trinajstić information content (AvgIpc) is 2.97. The van der Waals surface area contributed by atoms with Gasteiger partial charge in [-0.3, -0.25) is 4.79 Å². The highest BCUT2D eigenvalue weighted by molar-refractivity contribution is 5.76. The summed E-state index contributed by atoms with van der Waals surface area (Å²) in [4.78, 5) is 19.3.